The Morgan fingerprint density at radius 1 is 1.33 bits per heavy atom. The predicted molar refractivity (Wildman–Crippen MR) is 89.4 cm³/mol. The van der Waals surface area contributed by atoms with E-state index in [0.717, 1.165) is 0 Å². The van der Waals surface area contributed by atoms with Crippen LogP contribution < -0.4 is 0 Å². The summed E-state index contributed by atoms with van der Waals surface area (Å²) in [5, 5.41) is 0.685. The first-order chi connectivity index (χ1) is 11.5. The molecule has 1 aliphatic heterocycles. The lowest BCUT2D eigenvalue weighted by atomic mass is 9.91. The molecule has 1 aromatic heterocycles. The number of fused-ring (bicyclic) bond motifs is 3. The summed E-state index contributed by atoms with van der Waals surface area (Å²) >= 11 is 6.30. The number of carbonyl (C=O) groups excluding carboxylic acids is 3. The molecule has 1 aliphatic rings. The van der Waals surface area contributed by atoms with E-state index in [9.17, 15) is 14.4 Å². The van der Waals surface area contributed by atoms with Crippen molar-refractivity contribution in [3.8, 4) is 0 Å². The molecular weight excluding hydrogens is 332 g/mol. The van der Waals surface area contributed by atoms with Gasteiger partial charge >= 0.3 is 5.97 Å². The van der Waals surface area contributed by atoms with Crippen LogP contribution in [-0.4, -0.2) is 35.3 Å². The molecule has 122 valence electrons. The minimum absolute atomic E-state index is 0.152. The van der Waals surface area contributed by atoms with E-state index in [0.29, 0.717) is 22.2 Å². The Bertz CT molecular complexity index is 920. The summed E-state index contributed by atoms with van der Waals surface area (Å²) in [5.74, 6) is -2.02. The Hall–Kier alpha value is -2.60. The number of nitrogens with zero attached hydrogens (tertiary/aromatic N) is 2. The van der Waals surface area contributed by atoms with Crippen LogP contribution in [0.5, 0.6) is 0 Å². The molecule has 1 unspecified atom stereocenters. The number of benzene rings is 1. The fraction of sp³-hybridized carbons (Fsp3) is 0.235. The van der Waals surface area contributed by atoms with E-state index in [1.807, 2.05) is 0 Å². The van der Waals surface area contributed by atoms with Gasteiger partial charge in [-0.3, -0.25) is 19.6 Å². The zero-order valence-corrected chi connectivity index (χ0v) is 13.8. The number of pyridine rings is 1. The average molecular weight is 345 g/mol. The summed E-state index contributed by atoms with van der Waals surface area (Å²) in [5.41, 5.74) is 1.22. The number of ketones is 2. The molecule has 0 spiro atoms. The molecule has 0 bridgehead atoms. The van der Waals surface area contributed by atoms with Crippen LogP contribution in [0.1, 0.15) is 34.6 Å². The summed E-state index contributed by atoms with van der Waals surface area (Å²) in [7, 11) is 0. The van der Waals surface area contributed by atoms with Crippen LogP contribution in [0.15, 0.2) is 23.3 Å². The van der Waals surface area contributed by atoms with Gasteiger partial charge in [-0.25, -0.2) is 4.79 Å². The first kappa shape index (κ1) is 16.3. The third kappa shape index (κ3) is 2.49. The lowest BCUT2D eigenvalue weighted by Crippen LogP contribution is -2.26. The number of hydrogen-bond donors (Lipinski definition) is 0. The van der Waals surface area contributed by atoms with Gasteiger partial charge in [-0.05, 0) is 19.9 Å². The second-order valence-electron chi connectivity index (χ2n) is 5.29. The normalized spacial score (nSPS) is 16.1. The van der Waals surface area contributed by atoms with Gasteiger partial charge < -0.3 is 4.74 Å². The summed E-state index contributed by atoms with van der Waals surface area (Å²) in [6, 6.07) is 3.15. The number of ether oxygens (including phenoxy) is 1. The van der Waals surface area contributed by atoms with E-state index in [1.54, 1.807) is 19.1 Å². The van der Waals surface area contributed by atoms with Crippen LogP contribution >= 0.6 is 11.6 Å². The van der Waals surface area contributed by atoms with E-state index in [1.165, 1.54) is 19.3 Å². The van der Waals surface area contributed by atoms with Gasteiger partial charge in [0.25, 0.3) is 0 Å². The van der Waals surface area contributed by atoms with Crippen LogP contribution in [0.2, 0.25) is 5.02 Å². The number of halogens is 1. The van der Waals surface area contributed by atoms with Crippen molar-refractivity contribution in [2.75, 3.05) is 6.61 Å². The Morgan fingerprint density at radius 3 is 2.75 bits per heavy atom. The molecule has 3 rings (SSSR count). The highest BCUT2D eigenvalue weighted by Crippen LogP contribution is 2.37. The lowest BCUT2D eigenvalue weighted by Gasteiger charge is -2.17. The van der Waals surface area contributed by atoms with E-state index < -0.39 is 11.9 Å². The maximum absolute atomic E-state index is 12.4. The van der Waals surface area contributed by atoms with Gasteiger partial charge in [0, 0.05) is 23.4 Å². The molecule has 0 fully saturated rings. The monoisotopic (exact) mass is 344 g/mol. The lowest BCUT2D eigenvalue weighted by molar-refractivity contribution is -0.117. The van der Waals surface area contributed by atoms with Crippen molar-refractivity contribution >= 4 is 51.9 Å². The SMILES string of the molecule is CCOC(=O)c1cnc2c3c(ccc2c1Cl)C(=O)C(C(C)=O)C=N3. The molecular formula is C17H13ClN2O4. The molecule has 0 saturated heterocycles. The smallest absolute Gasteiger partial charge is 0.341 e. The van der Waals surface area contributed by atoms with Gasteiger partial charge in [0.05, 0.1) is 28.4 Å². The van der Waals surface area contributed by atoms with Crippen molar-refractivity contribution in [3.05, 3.63) is 34.5 Å². The van der Waals surface area contributed by atoms with E-state index >= 15 is 0 Å². The number of carbonyl (C=O) groups is 3. The van der Waals surface area contributed by atoms with Gasteiger partial charge in [-0.2, -0.15) is 0 Å². The van der Waals surface area contributed by atoms with Gasteiger partial charge in [-0.1, -0.05) is 17.7 Å². The minimum Gasteiger partial charge on any atom is -0.462 e. The topological polar surface area (TPSA) is 85.7 Å². The van der Waals surface area contributed by atoms with Crippen molar-refractivity contribution in [1.82, 2.24) is 4.98 Å². The third-order valence-corrected chi connectivity index (χ3v) is 4.19. The number of esters is 1. The van der Waals surface area contributed by atoms with E-state index in [2.05, 4.69) is 9.98 Å². The highest BCUT2D eigenvalue weighted by atomic mass is 35.5. The standard InChI is InChI=1S/C17H13ClN2O4/c1-3-24-17(23)12-7-20-14-9(13(12)18)4-5-10-15(14)19-6-11(8(2)21)16(10)22/h4-7,11H,3H2,1-2H3. The predicted octanol–water partition coefficient (Wildman–Crippen LogP) is 3.17. The molecule has 1 atom stereocenters. The number of aliphatic imine (C=N–C) groups is 1. The Morgan fingerprint density at radius 2 is 2.08 bits per heavy atom. The van der Waals surface area contributed by atoms with Gasteiger partial charge in [0.15, 0.2) is 5.78 Å². The molecule has 7 heteroatoms. The van der Waals surface area contributed by atoms with Crippen LogP contribution in [0.25, 0.3) is 10.9 Å². The Balaban J connectivity index is 2.18. The Kier molecular flexibility index (Phi) is 4.15. The molecule has 2 aromatic rings. The zero-order chi connectivity index (χ0) is 17.4. The van der Waals surface area contributed by atoms with Crippen LogP contribution in [0, 0.1) is 5.92 Å². The number of hydrogen-bond acceptors (Lipinski definition) is 6. The number of Topliss-reactive ketones (excluding diaryl/α,β-unsaturated/α-hetero) is 2. The van der Waals surface area contributed by atoms with Gasteiger partial charge in [0.2, 0.25) is 0 Å². The van der Waals surface area contributed by atoms with E-state index in [4.69, 9.17) is 16.3 Å². The fourth-order valence-corrected chi connectivity index (χ4v) is 2.85. The molecule has 0 N–H and O–H groups in total. The summed E-state index contributed by atoms with van der Waals surface area (Å²) in [4.78, 5) is 44.3. The number of rotatable bonds is 3. The molecule has 0 radical (unpaired) electrons. The minimum atomic E-state index is -0.871. The third-order valence-electron chi connectivity index (χ3n) is 3.78. The maximum atomic E-state index is 12.4. The molecule has 0 saturated carbocycles. The van der Waals surface area contributed by atoms with Crippen molar-refractivity contribution < 1.29 is 19.1 Å². The largest absolute Gasteiger partial charge is 0.462 e. The van der Waals surface area contributed by atoms with Gasteiger partial charge in [-0.15, -0.1) is 0 Å². The first-order valence-electron chi connectivity index (χ1n) is 7.32. The molecule has 2 heterocycles. The highest BCUT2D eigenvalue weighted by molar-refractivity contribution is 6.39. The highest BCUT2D eigenvalue weighted by Gasteiger charge is 2.30. The average Bonchev–Trinajstić information content (AvgIpc) is 2.55. The molecule has 24 heavy (non-hydrogen) atoms. The first-order valence-corrected chi connectivity index (χ1v) is 7.70. The van der Waals surface area contributed by atoms with Crippen LogP contribution in [0.3, 0.4) is 0 Å². The van der Waals surface area contributed by atoms with E-state index in [-0.39, 0.29) is 28.8 Å². The summed E-state index contributed by atoms with van der Waals surface area (Å²) in [6.07, 6.45) is 2.63. The van der Waals surface area contributed by atoms with Crippen molar-refractivity contribution in [2.45, 2.75) is 13.8 Å². The zero-order valence-electron chi connectivity index (χ0n) is 13.0. The molecule has 1 aromatic carbocycles. The van der Waals surface area contributed by atoms with Crippen LogP contribution in [-0.2, 0) is 9.53 Å². The molecule has 0 aliphatic carbocycles. The number of aromatic nitrogens is 1. The van der Waals surface area contributed by atoms with Gasteiger partial charge in [0.1, 0.15) is 11.7 Å². The van der Waals surface area contributed by atoms with Crippen molar-refractivity contribution in [3.63, 3.8) is 0 Å². The quantitative estimate of drug-likeness (QED) is 0.630. The van der Waals surface area contributed by atoms with Crippen molar-refractivity contribution in [2.24, 2.45) is 10.9 Å². The fourth-order valence-electron chi connectivity index (χ4n) is 2.57. The summed E-state index contributed by atoms with van der Waals surface area (Å²) < 4.78 is 4.94. The second kappa shape index (κ2) is 6.13. The molecule has 0 amide bonds. The van der Waals surface area contributed by atoms with Crippen LogP contribution in [0.4, 0.5) is 5.69 Å². The molecule has 6 nitrogen and oxygen atoms in total. The maximum Gasteiger partial charge on any atom is 0.341 e. The summed E-state index contributed by atoms with van der Waals surface area (Å²) in [6.45, 7) is 3.27. The van der Waals surface area contributed by atoms with Crippen molar-refractivity contribution in [1.29, 1.82) is 0 Å². The Labute approximate surface area is 142 Å². The second-order valence-corrected chi connectivity index (χ2v) is 5.67.